The summed E-state index contributed by atoms with van der Waals surface area (Å²) >= 11 is 0. The fraction of sp³-hybridized carbons (Fsp3) is 0.440. The number of para-hydroxylation sites is 1. The van der Waals surface area contributed by atoms with E-state index in [4.69, 9.17) is 13.9 Å². The zero-order valence-corrected chi connectivity index (χ0v) is 18.6. The van der Waals surface area contributed by atoms with Crippen molar-refractivity contribution in [1.29, 1.82) is 0 Å². The number of aliphatic hydroxyl groups is 2. The molecule has 0 bridgehead atoms. The van der Waals surface area contributed by atoms with Crippen LogP contribution in [-0.4, -0.2) is 71.5 Å². The summed E-state index contributed by atoms with van der Waals surface area (Å²) in [7, 11) is 0. The lowest BCUT2D eigenvalue weighted by atomic mass is 9.77. The first-order valence-corrected chi connectivity index (χ1v) is 11.5. The minimum absolute atomic E-state index is 0.0976. The molecular weight excluding hydrogens is 440 g/mol. The Hall–Kier alpha value is -3.14. The number of nitrogens with one attached hydrogen (secondary N) is 1. The van der Waals surface area contributed by atoms with Gasteiger partial charge in [0.2, 0.25) is 11.8 Å². The van der Waals surface area contributed by atoms with E-state index in [1.165, 1.54) is 6.26 Å². The van der Waals surface area contributed by atoms with Gasteiger partial charge in [-0.25, -0.2) is 0 Å². The van der Waals surface area contributed by atoms with Crippen molar-refractivity contribution in [2.45, 2.75) is 37.1 Å². The monoisotopic (exact) mass is 468 g/mol. The molecule has 1 aromatic carbocycles. The number of carbonyl (C=O) groups is 2. The van der Waals surface area contributed by atoms with E-state index in [-0.39, 0.29) is 37.4 Å². The van der Waals surface area contributed by atoms with Gasteiger partial charge in [0.1, 0.15) is 18.0 Å². The summed E-state index contributed by atoms with van der Waals surface area (Å²) in [6.45, 7) is 0.946. The smallest absolute Gasteiger partial charge is 0.247 e. The number of benzene rings is 1. The highest BCUT2D eigenvalue weighted by atomic mass is 16.5. The van der Waals surface area contributed by atoms with Gasteiger partial charge in [-0.3, -0.25) is 9.59 Å². The molecule has 5 atom stereocenters. The molecule has 2 amide bonds. The van der Waals surface area contributed by atoms with Crippen molar-refractivity contribution in [2.75, 3.05) is 26.4 Å². The van der Waals surface area contributed by atoms with Gasteiger partial charge in [-0.1, -0.05) is 18.2 Å². The maximum Gasteiger partial charge on any atom is 0.247 e. The molecule has 2 aliphatic heterocycles. The molecule has 1 saturated heterocycles. The lowest BCUT2D eigenvalue weighted by Crippen LogP contribution is -2.56. The third kappa shape index (κ3) is 4.11. The number of rotatable bonds is 7. The van der Waals surface area contributed by atoms with Gasteiger partial charge in [0.15, 0.2) is 0 Å². The topological polar surface area (TPSA) is 121 Å². The fourth-order valence-electron chi connectivity index (χ4n) is 5.06. The number of amides is 2. The molecule has 9 nitrogen and oxygen atoms in total. The van der Waals surface area contributed by atoms with E-state index in [0.29, 0.717) is 31.0 Å². The summed E-state index contributed by atoms with van der Waals surface area (Å²) in [5.74, 6) is -0.709. The number of carbonyl (C=O) groups excluding carboxylic acids is 2. The molecule has 34 heavy (non-hydrogen) atoms. The quantitative estimate of drug-likeness (QED) is 0.554. The molecule has 3 aliphatic rings. The Kier molecular flexibility index (Phi) is 6.40. The molecule has 5 rings (SSSR count). The van der Waals surface area contributed by atoms with Crippen molar-refractivity contribution in [3.63, 3.8) is 0 Å². The van der Waals surface area contributed by atoms with Crippen LogP contribution < -0.4 is 10.1 Å². The number of furan rings is 1. The van der Waals surface area contributed by atoms with E-state index < -0.39 is 24.2 Å². The SMILES string of the molecule is O=C(NCCO)C1=C[C@@H](N(Cc2ccoc2)C(=O)C2CCOC2)[C@H](O)[C@H]2Oc3ccccc3[C@@H]12. The highest BCUT2D eigenvalue weighted by Crippen LogP contribution is 2.47. The molecule has 0 saturated carbocycles. The van der Waals surface area contributed by atoms with Gasteiger partial charge in [-0.2, -0.15) is 0 Å². The van der Waals surface area contributed by atoms with Crippen LogP contribution in [-0.2, 0) is 20.9 Å². The maximum absolute atomic E-state index is 13.6. The Labute approximate surface area is 196 Å². The van der Waals surface area contributed by atoms with Crippen LogP contribution in [0.4, 0.5) is 0 Å². The Balaban J connectivity index is 1.54. The van der Waals surface area contributed by atoms with Crippen LogP contribution in [0.5, 0.6) is 5.75 Å². The zero-order chi connectivity index (χ0) is 23.7. The summed E-state index contributed by atoms with van der Waals surface area (Å²) < 4.78 is 16.8. The average molecular weight is 469 g/mol. The summed E-state index contributed by atoms with van der Waals surface area (Å²) in [5.41, 5.74) is 2.00. The van der Waals surface area contributed by atoms with Gasteiger partial charge in [-0.05, 0) is 24.6 Å². The van der Waals surface area contributed by atoms with Crippen LogP contribution >= 0.6 is 0 Å². The van der Waals surface area contributed by atoms with Crippen LogP contribution in [0.15, 0.2) is 58.9 Å². The molecule has 2 aromatic rings. The lowest BCUT2D eigenvalue weighted by Gasteiger charge is -2.41. The number of nitrogens with zero attached hydrogens (tertiary/aromatic N) is 1. The first kappa shape index (κ1) is 22.6. The van der Waals surface area contributed by atoms with Crippen molar-refractivity contribution >= 4 is 11.8 Å². The second kappa shape index (κ2) is 9.61. The molecule has 3 N–H and O–H groups in total. The van der Waals surface area contributed by atoms with E-state index in [1.807, 2.05) is 24.3 Å². The minimum Gasteiger partial charge on any atom is -0.486 e. The van der Waals surface area contributed by atoms with Crippen LogP contribution in [0.2, 0.25) is 0 Å². The molecule has 0 spiro atoms. The van der Waals surface area contributed by atoms with Gasteiger partial charge < -0.3 is 34.3 Å². The normalized spacial score (nSPS) is 27.4. The van der Waals surface area contributed by atoms with Gasteiger partial charge >= 0.3 is 0 Å². The van der Waals surface area contributed by atoms with Crippen molar-refractivity contribution in [3.05, 3.63) is 65.6 Å². The molecule has 1 aliphatic carbocycles. The first-order valence-electron chi connectivity index (χ1n) is 11.5. The summed E-state index contributed by atoms with van der Waals surface area (Å²) in [6.07, 6.45) is 3.57. The van der Waals surface area contributed by atoms with Crippen molar-refractivity contribution < 1.29 is 33.7 Å². The van der Waals surface area contributed by atoms with Crippen LogP contribution in [0.25, 0.3) is 0 Å². The van der Waals surface area contributed by atoms with Gasteiger partial charge in [0.05, 0.1) is 43.6 Å². The largest absolute Gasteiger partial charge is 0.486 e. The zero-order valence-electron chi connectivity index (χ0n) is 18.6. The lowest BCUT2D eigenvalue weighted by molar-refractivity contribution is -0.142. The van der Waals surface area contributed by atoms with Crippen LogP contribution in [0.1, 0.15) is 23.5 Å². The molecule has 1 unspecified atom stereocenters. The van der Waals surface area contributed by atoms with E-state index in [9.17, 15) is 19.8 Å². The maximum atomic E-state index is 13.6. The minimum atomic E-state index is -1.06. The van der Waals surface area contributed by atoms with E-state index in [0.717, 1.165) is 11.1 Å². The summed E-state index contributed by atoms with van der Waals surface area (Å²) in [5, 5.41) is 23.4. The second-order valence-electron chi connectivity index (χ2n) is 8.84. The number of aliphatic hydroxyl groups excluding tert-OH is 2. The van der Waals surface area contributed by atoms with Crippen LogP contribution in [0.3, 0.4) is 0 Å². The molecule has 9 heteroatoms. The van der Waals surface area contributed by atoms with Gasteiger partial charge in [0.25, 0.3) is 0 Å². The van der Waals surface area contributed by atoms with Gasteiger partial charge in [0, 0.05) is 36.4 Å². The molecule has 0 radical (unpaired) electrons. The van der Waals surface area contributed by atoms with Crippen molar-refractivity contribution in [1.82, 2.24) is 10.2 Å². The van der Waals surface area contributed by atoms with Crippen molar-refractivity contribution in [3.8, 4) is 5.75 Å². The first-order chi connectivity index (χ1) is 16.6. The molecule has 1 aromatic heterocycles. The highest BCUT2D eigenvalue weighted by Gasteiger charge is 2.51. The fourth-order valence-corrected chi connectivity index (χ4v) is 5.06. The Morgan fingerprint density at radius 1 is 1.21 bits per heavy atom. The molecule has 3 heterocycles. The average Bonchev–Trinajstić information content (AvgIpc) is 3.62. The number of ether oxygens (including phenoxy) is 2. The third-order valence-electron chi connectivity index (χ3n) is 6.73. The molecule has 180 valence electrons. The number of hydrogen-bond donors (Lipinski definition) is 3. The Morgan fingerprint density at radius 3 is 2.79 bits per heavy atom. The van der Waals surface area contributed by atoms with Crippen LogP contribution in [0, 0.1) is 5.92 Å². The standard InChI is InChI=1S/C25H28N2O7/c28-8-7-26-24(30)18-11-19(22(29)23-21(18)17-3-1-2-4-20(17)34-23)27(12-15-5-9-32-13-15)25(31)16-6-10-33-14-16/h1-5,9,11,13,16,19,21-23,28-29H,6-8,10,12,14H2,(H,26,30)/t16?,19-,21+,22+,23+/m1/s1. The predicted molar refractivity (Wildman–Crippen MR) is 120 cm³/mol. The molecule has 1 fully saturated rings. The third-order valence-corrected chi connectivity index (χ3v) is 6.73. The predicted octanol–water partition coefficient (Wildman–Crippen LogP) is 0.968. The summed E-state index contributed by atoms with van der Waals surface area (Å²) in [6, 6.07) is 8.36. The number of fused-ring (bicyclic) bond motifs is 3. The Bertz CT molecular complexity index is 1060. The van der Waals surface area contributed by atoms with E-state index in [2.05, 4.69) is 5.32 Å². The number of hydrogen-bond acceptors (Lipinski definition) is 7. The van der Waals surface area contributed by atoms with Crippen molar-refractivity contribution in [2.24, 2.45) is 5.92 Å². The highest BCUT2D eigenvalue weighted by molar-refractivity contribution is 5.96. The van der Waals surface area contributed by atoms with E-state index >= 15 is 0 Å². The summed E-state index contributed by atoms with van der Waals surface area (Å²) in [4.78, 5) is 28.3. The second-order valence-corrected chi connectivity index (χ2v) is 8.84. The molecular formula is C25H28N2O7. The van der Waals surface area contributed by atoms with E-state index in [1.54, 1.807) is 23.3 Å². The van der Waals surface area contributed by atoms with Gasteiger partial charge in [-0.15, -0.1) is 0 Å². The Morgan fingerprint density at radius 2 is 2.06 bits per heavy atom.